The second-order valence-electron chi connectivity index (χ2n) is 6.17. The molecule has 0 aliphatic heterocycles. The Kier molecular flexibility index (Phi) is 5.97. The van der Waals surface area contributed by atoms with Gasteiger partial charge < -0.3 is 9.47 Å². The van der Waals surface area contributed by atoms with E-state index in [4.69, 9.17) is 38.3 Å². The van der Waals surface area contributed by atoms with Gasteiger partial charge in [-0.05, 0) is 48.6 Å². The molecule has 0 spiro atoms. The summed E-state index contributed by atoms with van der Waals surface area (Å²) in [7, 11) is 3.12. The standard InChI is InChI=1S/C20H15BrClN3O3S2/c1-27-13-7-8-15(28-2)14(9-13)25-16(10-21)23-18-17(19(25)26)30-20(29)24(18)12-5-3-11(22)4-6-12/h3-9H,10H2,1-2H3. The van der Waals surface area contributed by atoms with Gasteiger partial charge in [-0.3, -0.25) is 13.9 Å². The van der Waals surface area contributed by atoms with Gasteiger partial charge in [-0.1, -0.05) is 38.9 Å². The number of benzene rings is 2. The topological polar surface area (TPSA) is 58.3 Å². The van der Waals surface area contributed by atoms with Gasteiger partial charge in [0.2, 0.25) is 0 Å². The van der Waals surface area contributed by atoms with E-state index in [9.17, 15) is 4.79 Å². The number of hydrogen-bond donors (Lipinski definition) is 0. The van der Waals surface area contributed by atoms with Crippen molar-refractivity contribution >= 4 is 61.4 Å². The normalized spacial score (nSPS) is 11.1. The van der Waals surface area contributed by atoms with E-state index in [0.29, 0.717) is 47.7 Å². The fraction of sp³-hybridized carbons (Fsp3) is 0.150. The Morgan fingerprint density at radius 2 is 1.87 bits per heavy atom. The molecule has 2 aromatic carbocycles. The Hall–Kier alpha value is -2.20. The van der Waals surface area contributed by atoms with Crippen LogP contribution in [-0.4, -0.2) is 28.3 Å². The predicted molar refractivity (Wildman–Crippen MR) is 126 cm³/mol. The summed E-state index contributed by atoms with van der Waals surface area (Å²) in [6.07, 6.45) is 0. The highest BCUT2D eigenvalue weighted by atomic mass is 79.9. The number of ether oxygens (including phenoxy) is 2. The Morgan fingerprint density at radius 3 is 2.50 bits per heavy atom. The Labute approximate surface area is 194 Å². The maximum atomic E-state index is 13.6. The van der Waals surface area contributed by atoms with Gasteiger partial charge in [0, 0.05) is 16.8 Å². The van der Waals surface area contributed by atoms with E-state index in [-0.39, 0.29) is 5.56 Å². The third-order valence-corrected chi connectivity index (χ3v) is 6.61. The number of rotatable bonds is 5. The molecule has 0 bridgehead atoms. The van der Waals surface area contributed by atoms with E-state index < -0.39 is 0 Å². The maximum absolute atomic E-state index is 13.6. The van der Waals surface area contributed by atoms with Gasteiger partial charge in [-0.15, -0.1) is 0 Å². The first-order valence-corrected chi connectivity index (χ1v) is 11.4. The summed E-state index contributed by atoms with van der Waals surface area (Å²) >= 11 is 16.3. The van der Waals surface area contributed by atoms with Crippen molar-refractivity contribution in [2.75, 3.05) is 14.2 Å². The van der Waals surface area contributed by atoms with Crippen LogP contribution in [-0.2, 0) is 5.33 Å². The lowest BCUT2D eigenvalue weighted by Gasteiger charge is -2.15. The lowest BCUT2D eigenvalue weighted by atomic mass is 10.2. The van der Waals surface area contributed by atoms with Gasteiger partial charge in [0.05, 0.1) is 25.2 Å². The van der Waals surface area contributed by atoms with E-state index in [2.05, 4.69) is 15.9 Å². The average molecular weight is 525 g/mol. The molecule has 2 aromatic heterocycles. The predicted octanol–water partition coefficient (Wildman–Crippen LogP) is 5.53. The van der Waals surface area contributed by atoms with Gasteiger partial charge in [-0.25, -0.2) is 4.98 Å². The summed E-state index contributed by atoms with van der Waals surface area (Å²) in [5.41, 5.74) is 1.61. The third-order valence-electron chi connectivity index (χ3n) is 4.51. The average Bonchev–Trinajstić information content (AvgIpc) is 3.10. The molecule has 0 unspecified atom stereocenters. The largest absolute Gasteiger partial charge is 0.497 e. The summed E-state index contributed by atoms with van der Waals surface area (Å²) in [6.45, 7) is 0. The van der Waals surface area contributed by atoms with E-state index in [1.165, 1.54) is 15.9 Å². The molecule has 6 nitrogen and oxygen atoms in total. The molecule has 0 N–H and O–H groups in total. The van der Waals surface area contributed by atoms with E-state index in [1.807, 2.05) is 12.1 Å². The van der Waals surface area contributed by atoms with Crippen molar-refractivity contribution in [2.24, 2.45) is 0 Å². The molecule has 0 radical (unpaired) electrons. The molecule has 0 fully saturated rings. The Morgan fingerprint density at radius 1 is 1.13 bits per heavy atom. The van der Waals surface area contributed by atoms with Crippen LogP contribution in [0.4, 0.5) is 0 Å². The number of aromatic nitrogens is 3. The molecule has 0 saturated heterocycles. The zero-order valence-corrected chi connectivity index (χ0v) is 19.9. The van der Waals surface area contributed by atoms with Gasteiger partial charge in [0.1, 0.15) is 22.0 Å². The van der Waals surface area contributed by atoms with Crippen LogP contribution in [0.2, 0.25) is 5.02 Å². The van der Waals surface area contributed by atoms with Gasteiger partial charge >= 0.3 is 0 Å². The number of fused-ring (bicyclic) bond motifs is 1. The van der Waals surface area contributed by atoms with E-state index >= 15 is 0 Å². The van der Waals surface area contributed by atoms with Crippen molar-refractivity contribution in [2.45, 2.75) is 5.33 Å². The Balaban J connectivity index is 2.06. The number of thiazole rings is 1. The molecule has 0 saturated carbocycles. The Bertz CT molecular complexity index is 1360. The first-order chi connectivity index (χ1) is 14.5. The molecule has 2 heterocycles. The molecule has 154 valence electrons. The van der Waals surface area contributed by atoms with Crippen molar-refractivity contribution in [3.63, 3.8) is 0 Å². The summed E-state index contributed by atoms with van der Waals surface area (Å²) in [5, 5.41) is 0.966. The van der Waals surface area contributed by atoms with Crippen LogP contribution in [0.3, 0.4) is 0 Å². The fourth-order valence-electron chi connectivity index (χ4n) is 3.13. The van der Waals surface area contributed by atoms with E-state index in [0.717, 1.165) is 5.69 Å². The first-order valence-electron chi connectivity index (χ1n) is 8.70. The fourth-order valence-corrected chi connectivity index (χ4v) is 4.93. The zero-order chi connectivity index (χ0) is 21.4. The van der Waals surface area contributed by atoms with Crippen LogP contribution in [0.25, 0.3) is 21.7 Å². The summed E-state index contributed by atoms with van der Waals surface area (Å²) in [6, 6.07) is 12.5. The maximum Gasteiger partial charge on any atom is 0.277 e. The molecular formula is C20H15BrClN3O3S2. The van der Waals surface area contributed by atoms with Crippen LogP contribution in [0.15, 0.2) is 47.3 Å². The van der Waals surface area contributed by atoms with Crippen LogP contribution in [0, 0.1) is 3.95 Å². The van der Waals surface area contributed by atoms with Crippen molar-refractivity contribution < 1.29 is 9.47 Å². The molecule has 0 aliphatic carbocycles. The third kappa shape index (κ3) is 3.56. The number of halogens is 2. The monoisotopic (exact) mass is 523 g/mol. The van der Waals surface area contributed by atoms with Crippen molar-refractivity contribution in [1.82, 2.24) is 14.1 Å². The van der Waals surface area contributed by atoms with Gasteiger partial charge in [0.25, 0.3) is 5.56 Å². The quantitative estimate of drug-likeness (QED) is 0.254. The minimum absolute atomic E-state index is 0.232. The molecule has 4 rings (SSSR count). The van der Waals surface area contributed by atoms with Crippen molar-refractivity contribution in [3.8, 4) is 22.9 Å². The number of nitrogens with zero attached hydrogens (tertiary/aromatic N) is 3. The van der Waals surface area contributed by atoms with Gasteiger partial charge in [-0.2, -0.15) is 0 Å². The molecule has 30 heavy (non-hydrogen) atoms. The summed E-state index contributed by atoms with van der Waals surface area (Å²) in [5.74, 6) is 1.64. The highest BCUT2D eigenvalue weighted by Crippen LogP contribution is 2.30. The number of methoxy groups -OCH3 is 2. The lowest BCUT2D eigenvalue weighted by Crippen LogP contribution is -2.23. The molecule has 0 aliphatic rings. The highest BCUT2D eigenvalue weighted by Gasteiger charge is 2.20. The molecule has 0 amide bonds. The van der Waals surface area contributed by atoms with Gasteiger partial charge in [0.15, 0.2) is 9.60 Å². The number of hydrogen-bond acceptors (Lipinski definition) is 6. The molecular weight excluding hydrogens is 510 g/mol. The second kappa shape index (κ2) is 8.50. The lowest BCUT2D eigenvalue weighted by molar-refractivity contribution is 0.401. The molecule has 4 aromatic rings. The second-order valence-corrected chi connectivity index (χ2v) is 8.81. The smallest absolute Gasteiger partial charge is 0.277 e. The molecule has 10 heteroatoms. The van der Waals surface area contributed by atoms with Crippen molar-refractivity contribution in [3.05, 3.63) is 67.6 Å². The van der Waals surface area contributed by atoms with Crippen LogP contribution in [0.5, 0.6) is 11.5 Å². The molecule has 0 atom stereocenters. The minimum Gasteiger partial charge on any atom is -0.497 e. The highest BCUT2D eigenvalue weighted by molar-refractivity contribution is 9.08. The summed E-state index contributed by atoms with van der Waals surface area (Å²) < 4.78 is 15.1. The summed E-state index contributed by atoms with van der Waals surface area (Å²) in [4.78, 5) is 18.3. The van der Waals surface area contributed by atoms with Crippen LogP contribution < -0.4 is 15.0 Å². The SMILES string of the molecule is COc1ccc(OC)c(-n2c(CBr)nc3c(sc(=S)n3-c3ccc(Cl)cc3)c2=O)c1. The zero-order valence-electron chi connectivity index (χ0n) is 15.9. The number of alkyl halides is 1. The van der Waals surface area contributed by atoms with E-state index in [1.54, 1.807) is 49.1 Å². The van der Waals surface area contributed by atoms with Crippen LogP contribution >= 0.6 is 51.1 Å². The van der Waals surface area contributed by atoms with Crippen LogP contribution in [0.1, 0.15) is 5.82 Å². The first kappa shape index (κ1) is 21.0. The van der Waals surface area contributed by atoms with Crippen molar-refractivity contribution in [1.29, 1.82) is 0 Å². The minimum atomic E-state index is -0.232.